The highest BCUT2D eigenvalue weighted by molar-refractivity contribution is 5.95. The lowest BCUT2D eigenvalue weighted by Crippen LogP contribution is -2.82. The molecule has 360 valence electrons. The van der Waals surface area contributed by atoms with Gasteiger partial charge in [-0.3, -0.25) is 9.59 Å². The Kier molecular flexibility index (Phi) is 13.0. The summed E-state index contributed by atoms with van der Waals surface area (Å²) in [5, 5.41) is 40.3. The van der Waals surface area contributed by atoms with Crippen molar-refractivity contribution in [3.05, 3.63) is 71.2 Å². The zero-order valence-electron chi connectivity index (χ0n) is 38.7. The summed E-state index contributed by atoms with van der Waals surface area (Å²) >= 11 is 0. The number of nitrogens with one attached hydrogen (secondary N) is 1. The van der Waals surface area contributed by atoms with E-state index in [1.165, 1.54) is 49.5 Å². The van der Waals surface area contributed by atoms with E-state index < -0.39 is 119 Å². The number of Topliss-reactive ketones (excluding diaryl/α,β-unsaturated/α-hetero) is 1. The number of hydrogen-bond acceptors (Lipinski definition) is 17. The molecule has 2 amide bonds. The van der Waals surface area contributed by atoms with Crippen molar-refractivity contribution in [2.75, 3.05) is 39.8 Å². The first-order chi connectivity index (χ1) is 30.9. The summed E-state index contributed by atoms with van der Waals surface area (Å²) in [6, 6.07) is 7.78. The summed E-state index contributed by atoms with van der Waals surface area (Å²) in [4.78, 5) is 88.6. The molecule has 11 atom stereocenters. The number of carbonyl (C=O) groups excluding carboxylic acids is 6. The largest absolute Gasteiger partial charge is 0.472 e. The Morgan fingerprint density at radius 3 is 2.21 bits per heavy atom. The van der Waals surface area contributed by atoms with Crippen LogP contribution in [-0.4, -0.2) is 154 Å². The molecule has 19 nitrogen and oxygen atoms in total. The second kappa shape index (κ2) is 17.7. The molecule has 3 aliphatic carbocycles. The Hall–Kier alpha value is -5.34. The number of amides is 2. The standard InChI is InChI=1S/C47H61N3O16/c1-25-29(62-40(56)34(53)33(28-15-20-60-23-28)48-41(57)66-43(3,4)5)22-47(59)38(64-39(55)27-13-11-10-12-14-27)36-45(8,30(52)21-31-46(36,24-61-31)65-26(2)51)37(54)35(32(25)44(47,6)7)63-42(58)50-18-16-49(9)17-19-50/h10-15,20,23,29-31,33-36,38,52-53,59H,16-19,21-22,24H2,1-9H3,(H,48,57)/t29-,30-,31+,33+,34+,35+,36?,38-,45+,46-,47+/m0/s1. The molecule has 2 aromatic rings. The average Bonchev–Trinajstić information content (AvgIpc) is 3.78. The molecule has 1 aromatic carbocycles. The molecule has 1 aromatic heterocycles. The van der Waals surface area contributed by atoms with Crippen LogP contribution in [0, 0.1) is 16.7 Å². The predicted octanol–water partition coefficient (Wildman–Crippen LogP) is 3.24. The third-order valence-corrected chi connectivity index (χ3v) is 14.3. The monoisotopic (exact) mass is 923 g/mol. The molecule has 4 N–H and O–H groups in total. The maximum atomic E-state index is 15.9. The number of alkyl carbamates (subject to hydrolysis) is 1. The first-order valence-corrected chi connectivity index (χ1v) is 22.1. The van der Waals surface area contributed by atoms with Gasteiger partial charge in [0.05, 0.1) is 48.2 Å². The van der Waals surface area contributed by atoms with Crippen LogP contribution in [0.2, 0.25) is 0 Å². The molecule has 3 heterocycles. The number of piperazine rings is 1. The second-order valence-electron chi connectivity index (χ2n) is 19.9. The second-order valence-corrected chi connectivity index (χ2v) is 19.9. The Morgan fingerprint density at radius 2 is 1.64 bits per heavy atom. The van der Waals surface area contributed by atoms with Gasteiger partial charge in [-0.15, -0.1) is 0 Å². The number of likely N-dealkylation sites (N-methyl/N-ethyl adjacent to an activating group) is 1. The summed E-state index contributed by atoms with van der Waals surface area (Å²) < 4.78 is 41.5. The van der Waals surface area contributed by atoms with Crippen molar-refractivity contribution in [3.63, 3.8) is 0 Å². The van der Waals surface area contributed by atoms with E-state index in [1.54, 1.807) is 52.8 Å². The number of carbonyl (C=O) groups is 6. The van der Waals surface area contributed by atoms with Gasteiger partial charge in [-0.1, -0.05) is 32.0 Å². The lowest BCUT2D eigenvalue weighted by Gasteiger charge is -2.67. The lowest BCUT2D eigenvalue weighted by atomic mass is 9.44. The van der Waals surface area contributed by atoms with Crippen LogP contribution in [-0.2, 0) is 42.8 Å². The number of aliphatic hydroxyl groups excluding tert-OH is 2. The number of rotatable bonds is 9. The summed E-state index contributed by atoms with van der Waals surface area (Å²) in [6.45, 7) is 13.3. The molecule has 2 aliphatic heterocycles. The third kappa shape index (κ3) is 8.48. The van der Waals surface area contributed by atoms with Crippen LogP contribution in [0.25, 0.3) is 0 Å². The number of esters is 3. The fourth-order valence-corrected chi connectivity index (χ4v) is 10.6. The summed E-state index contributed by atoms with van der Waals surface area (Å²) in [5.74, 6) is -5.48. The molecule has 2 bridgehead atoms. The number of hydrogen-bond donors (Lipinski definition) is 4. The van der Waals surface area contributed by atoms with Gasteiger partial charge >= 0.3 is 30.1 Å². The van der Waals surface area contributed by atoms with Crippen LogP contribution in [0.5, 0.6) is 0 Å². The molecule has 2 saturated carbocycles. The Morgan fingerprint density at radius 1 is 0.970 bits per heavy atom. The number of ether oxygens (including phenoxy) is 6. The van der Waals surface area contributed by atoms with Crippen molar-refractivity contribution < 1.29 is 76.9 Å². The normalized spacial score (nSPS) is 32.7. The first kappa shape index (κ1) is 48.6. The Balaban J connectivity index is 1.41. The van der Waals surface area contributed by atoms with Crippen LogP contribution < -0.4 is 5.32 Å². The van der Waals surface area contributed by atoms with E-state index in [2.05, 4.69) is 5.32 Å². The van der Waals surface area contributed by atoms with Gasteiger partial charge in [0.2, 0.25) is 0 Å². The topological polar surface area (TPSA) is 250 Å². The number of fused-ring (bicyclic) bond motifs is 5. The maximum Gasteiger partial charge on any atom is 0.410 e. The molecule has 4 fully saturated rings. The van der Waals surface area contributed by atoms with E-state index in [0.29, 0.717) is 13.1 Å². The van der Waals surface area contributed by atoms with Crippen molar-refractivity contribution in [3.8, 4) is 0 Å². The van der Waals surface area contributed by atoms with Crippen LogP contribution in [0.4, 0.5) is 9.59 Å². The number of nitrogens with zero attached hydrogens (tertiary/aromatic N) is 2. The third-order valence-electron chi connectivity index (χ3n) is 14.3. The van der Waals surface area contributed by atoms with E-state index in [1.807, 2.05) is 11.9 Å². The predicted molar refractivity (Wildman–Crippen MR) is 229 cm³/mol. The van der Waals surface area contributed by atoms with Crippen molar-refractivity contribution in [2.45, 2.75) is 128 Å². The van der Waals surface area contributed by atoms with Crippen molar-refractivity contribution >= 4 is 35.9 Å². The number of aliphatic hydroxyl groups is 3. The zero-order valence-corrected chi connectivity index (χ0v) is 38.7. The van der Waals surface area contributed by atoms with E-state index >= 15 is 4.79 Å². The van der Waals surface area contributed by atoms with Crippen molar-refractivity contribution in [2.24, 2.45) is 16.7 Å². The fourth-order valence-electron chi connectivity index (χ4n) is 10.6. The van der Waals surface area contributed by atoms with Gasteiger partial charge in [0.25, 0.3) is 0 Å². The molecular formula is C47H61N3O16. The quantitative estimate of drug-likeness (QED) is 0.160. The van der Waals surface area contributed by atoms with Crippen LogP contribution in [0.15, 0.2) is 64.5 Å². The number of furan rings is 1. The molecular weight excluding hydrogens is 863 g/mol. The van der Waals surface area contributed by atoms with Crippen LogP contribution in [0.1, 0.15) is 90.2 Å². The molecule has 66 heavy (non-hydrogen) atoms. The van der Waals surface area contributed by atoms with E-state index in [0.717, 1.165) is 6.92 Å². The minimum atomic E-state index is -2.43. The molecule has 5 aliphatic rings. The summed E-state index contributed by atoms with van der Waals surface area (Å²) in [6.07, 6.45) is -10.2. The summed E-state index contributed by atoms with van der Waals surface area (Å²) in [5.41, 5.74) is -8.63. The molecule has 0 radical (unpaired) electrons. The van der Waals surface area contributed by atoms with Gasteiger partial charge in [-0.2, -0.15) is 0 Å². The fraction of sp³-hybridized carbons (Fsp3) is 0.617. The highest BCUT2D eigenvalue weighted by Gasteiger charge is 2.78. The number of ketones is 1. The van der Waals surface area contributed by atoms with Gasteiger partial charge < -0.3 is 63.3 Å². The average molecular weight is 924 g/mol. The Bertz CT molecular complexity index is 2230. The van der Waals surface area contributed by atoms with Crippen molar-refractivity contribution in [1.82, 2.24) is 15.1 Å². The molecule has 2 saturated heterocycles. The van der Waals surface area contributed by atoms with E-state index in [-0.39, 0.29) is 48.4 Å². The van der Waals surface area contributed by atoms with E-state index in [4.69, 9.17) is 32.8 Å². The minimum absolute atomic E-state index is 0.0181. The number of benzene rings is 1. The Labute approximate surface area is 382 Å². The van der Waals surface area contributed by atoms with Gasteiger partial charge in [-0.25, -0.2) is 19.2 Å². The first-order valence-electron chi connectivity index (χ1n) is 22.1. The highest BCUT2D eigenvalue weighted by Crippen LogP contribution is 2.64. The minimum Gasteiger partial charge on any atom is -0.472 e. The maximum absolute atomic E-state index is 15.9. The smallest absolute Gasteiger partial charge is 0.410 e. The lowest BCUT2D eigenvalue weighted by molar-refractivity contribution is -0.345. The molecule has 19 heteroatoms. The molecule has 7 rings (SSSR count). The molecule has 1 unspecified atom stereocenters. The van der Waals surface area contributed by atoms with Crippen LogP contribution in [0.3, 0.4) is 0 Å². The van der Waals surface area contributed by atoms with Gasteiger partial charge in [0, 0.05) is 56.9 Å². The summed E-state index contributed by atoms with van der Waals surface area (Å²) in [7, 11) is 1.90. The SMILES string of the molecule is CC(=O)O[C@@]12CO[C@@H]1C[C@H](O)[C@@]1(C)C(=O)[C@H](OC(=O)N3CCN(C)CC3)C3=C(C)[C@@H](OC(=O)[C@H](O)[C@H](NC(=O)OC(C)(C)C)c4ccoc4)C[C@@](O)([C@@H](OC(=O)c4ccccc4)C12)C3(C)C. The van der Waals surface area contributed by atoms with Gasteiger partial charge in [0.15, 0.2) is 23.6 Å². The van der Waals surface area contributed by atoms with Crippen LogP contribution >= 0.6 is 0 Å². The van der Waals surface area contributed by atoms with Gasteiger partial charge in [0.1, 0.15) is 29.5 Å². The molecule has 0 spiro atoms. The van der Waals surface area contributed by atoms with Gasteiger partial charge in [-0.05, 0) is 71.0 Å². The zero-order chi connectivity index (χ0) is 48.3. The highest BCUT2D eigenvalue weighted by atomic mass is 16.6. The van der Waals surface area contributed by atoms with Crippen molar-refractivity contribution in [1.29, 1.82) is 0 Å². The van der Waals surface area contributed by atoms with E-state index in [9.17, 15) is 39.3 Å².